The number of rotatable bonds is 3. The SMILES string of the molecule is CCCNC1COc2c(C)cc(C(C)(C)C)cc21. The van der Waals surface area contributed by atoms with E-state index in [1.165, 1.54) is 16.7 Å². The van der Waals surface area contributed by atoms with Crippen LogP contribution in [0.3, 0.4) is 0 Å². The van der Waals surface area contributed by atoms with E-state index in [9.17, 15) is 0 Å². The summed E-state index contributed by atoms with van der Waals surface area (Å²) in [4.78, 5) is 0. The van der Waals surface area contributed by atoms with Gasteiger partial charge in [-0.3, -0.25) is 0 Å². The van der Waals surface area contributed by atoms with Gasteiger partial charge in [-0.2, -0.15) is 0 Å². The highest BCUT2D eigenvalue weighted by atomic mass is 16.5. The van der Waals surface area contributed by atoms with Crippen molar-refractivity contribution in [3.63, 3.8) is 0 Å². The first kappa shape index (κ1) is 13.4. The molecule has 2 rings (SSSR count). The van der Waals surface area contributed by atoms with Gasteiger partial charge in [0.05, 0.1) is 6.04 Å². The Morgan fingerprint density at radius 1 is 1.33 bits per heavy atom. The molecule has 100 valence electrons. The molecule has 1 N–H and O–H groups in total. The molecule has 0 spiro atoms. The zero-order chi connectivity index (χ0) is 13.3. The van der Waals surface area contributed by atoms with Crippen LogP contribution in [0.25, 0.3) is 0 Å². The fraction of sp³-hybridized carbons (Fsp3) is 0.625. The van der Waals surface area contributed by atoms with Crippen molar-refractivity contribution in [1.82, 2.24) is 5.32 Å². The van der Waals surface area contributed by atoms with Crippen molar-refractivity contribution in [1.29, 1.82) is 0 Å². The Labute approximate surface area is 111 Å². The minimum Gasteiger partial charge on any atom is -0.491 e. The van der Waals surface area contributed by atoms with Crippen LogP contribution in [-0.2, 0) is 5.41 Å². The summed E-state index contributed by atoms with van der Waals surface area (Å²) in [7, 11) is 0. The quantitative estimate of drug-likeness (QED) is 0.879. The number of fused-ring (bicyclic) bond motifs is 1. The average Bonchev–Trinajstić information content (AvgIpc) is 2.69. The van der Waals surface area contributed by atoms with E-state index in [0.717, 1.165) is 25.3 Å². The summed E-state index contributed by atoms with van der Waals surface area (Å²) in [5.74, 6) is 1.09. The van der Waals surface area contributed by atoms with Crippen molar-refractivity contribution in [2.75, 3.05) is 13.2 Å². The lowest BCUT2D eigenvalue weighted by Gasteiger charge is -2.22. The molecule has 2 nitrogen and oxygen atoms in total. The predicted octanol–water partition coefficient (Wildman–Crippen LogP) is 3.73. The Morgan fingerprint density at radius 2 is 2.06 bits per heavy atom. The summed E-state index contributed by atoms with van der Waals surface area (Å²) in [6.45, 7) is 12.9. The maximum absolute atomic E-state index is 5.84. The van der Waals surface area contributed by atoms with Crippen LogP contribution in [-0.4, -0.2) is 13.2 Å². The number of hydrogen-bond acceptors (Lipinski definition) is 2. The fourth-order valence-electron chi connectivity index (χ4n) is 2.43. The van der Waals surface area contributed by atoms with Crippen molar-refractivity contribution >= 4 is 0 Å². The molecule has 0 aromatic heterocycles. The maximum Gasteiger partial charge on any atom is 0.127 e. The molecule has 0 radical (unpaired) electrons. The highest BCUT2D eigenvalue weighted by molar-refractivity contribution is 5.49. The molecule has 1 aliphatic rings. The van der Waals surface area contributed by atoms with E-state index in [1.54, 1.807) is 0 Å². The van der Waals surface area contributed by atoms with Gasteiger partial charge in [-0.15, -0.1) is 0 Å². The second-order valence-electron chi connectivity index (χ2n) is 6.28. The largest absolute Gasteiger partial charge is 0.491 e. The van der Waals surface area contributed by atoms with Crippen LogP contribution in [0.5, 0.6) is 5.75 Å². The Hall–Kier alpha value is -1.02. The summed E-state index contributed by atoms with van der Waals surface area (Å²) in [6, 6.07) is 4.95. The van der Waals surface area contributed by atoms with Crippen LogP contribution in [0.4, 0.5) is 0 Å². The van der Waals surface area contributed by atoms with Crippen molar-refractivity contribution in [3.05, 3.63) is 28.8 Å². The van der Waals surface area contributed by atoms with Gasteiger partial charge >= 0.3 is 0 Å². The minimum absolute atomic E-state index is 0.192. The third-order valence-electron chi connectivity index (χ3n) is 3.58. The van der Waals surface area contributed by atoms with Crippen LogP contribution in [0, 0.1) is 6.92 Å². The van der Waals surface area contributed by atoms with E-state index in [4.69, 9.17) is 4.74 Å². The predicted molar refractivity (Wildman–Crippen MR) is 76.4 cm³/mol. The van der Waals surface area contributed by atoms with Gasteiger partial charge in [0.25, 0.3) is 0 Å². The molecular weight excluding hydrogens is 222 g/mol. The molecule has 2 heteroatoms. The summed E-state index contributed by atoms with van der Waals surface area (Å²) in [6.07, 6.45) is 1.16. The lowest BCUT2D eigenvalue weighted by molar-refractivity contribution is 0.310. The van der Waals surface area contributed by atoms with Gasteiger partial charge in [-0.1, -0.05) is 33.8 Å². The van der Waals surface area contributed by atoms with Gasteiger partial charge in [0.1, 0.15) is 12.4 Å². The molecule has 1 aromatic rings. The minimum atomic E-state index is 0.192. The van der Waals surface area contributed by atoms with E-state index < -0.39 is 0 Å². The topological polar surface area (TPSA) is 21.3 Å². The molecule has 18 heavy (non-hydrogen) atoms. The monoisotopic (exact) mass is 247 g/mol. The second-order valence-corrected chi connectivity index (χ2v) is 6.28. The zero-order valence-electron chi connectivity index (χ0n) is 12.3. The molecule has 0 bridgehead atoms. The Morgan fingerprint density at radius 3 is 2.67 bits per heavy atom. The smallest absolute Gasteiger partial charge is 0.127 e. The number of ether oxygens (including phenoxy) is 1. The first-order chi connectivity index (χ1) is 8.43. The Balaban J connectivity index is 2.35. The number of nitrogens with one attached hydrogen (secondary N) is 1. The highest BCUT2D eigenvalue weighted by Crippen LogP contribution is 2.38. The molecule has 1 heterocycles. The van der Waals surface area contributed by atoms with Crippen LogP contribution >= 0.6 is 0 Å². The molecule has 1 atom stereocenters. The molecule has 0 saturated heterocycles. The summed E-state index contributed by atoms with van der Waals surface area (Å²) < 4.78 is 5.84. The molecule has 0 fully saturated rings. The van der Waals surface area contributed by atoms with Gasteiger partial charge < -0.3 is 10.1 Å². The van der Waals surface area contributed by atoms with E-state index in [2.05, 4.69) is 52.1 Å². The molecule has 0 aliphatic carbocycles. The zero-order valence-corrected chi connectivity index (χ0v) is 12.3. The molecular formula is C16H25NO. The second kappa shape index (κ2) is 4.93. The van der Waals surface area contributed by atoms with Crippen molar-refractivity contribution in [3.8, 4) is 5.75 Å². The third kappa shape index (κ3) is 2.54. The first-order valence-corrected chi connectivity index (χ1v) is 6.94. The molecule has 1 aliphatic heterocycles. The summed E-state index contributed by atoms with van der Waals surface area (Å²) in [5.41, 5.74) is 4.19. The van der Waals surface area contributed by atoms with Crippen LogP contribution in [0.1, 0.15) is 56.8 Å². The van der Waals surface area contributed by atoms with Crippen molar-refractivity contribution in [2.24, 2.45) is 0 Å². The normalized spacial score (nSPS) is 18.6. The number of hydrogen-bond donors (Lipinski definition) is 1. The number of aryl methyl sites for hydroxylation is 1. The van der Waals surface area contributed by atoms with Crippen LogP contribution < -0.4 is 10.1 Å². The Kier molecular flexibility index (Phi) is 3.67. The van der Waals surface area contributed by atoms with Gasteiger partial charge in [-0.25, -0.2) is 0 Å². The standard InChI is InChI=1S/C16H25NO/c1-6-7-17-14-10-18-15-11(2)8-12(9-13(14)15)16(3,4)5/h8-9,14,17H,6-7,10H2,1-5H3. The van der Waals surface area contributed by atoms with E-state index in [-0.39, 0.29) is 5.41 Å². The lowest BCUT2D eigenvalue weighted by Crippen LogP contribution is -2.23. The fourth-order valence-corrected chi connectivity index (χ4v) is 2.43. The highest BCUT2D eigenvalue weighted by Gasteiger charge is 2.27. The maximum atomic E-state index is 5.84. The van der Waals surface area contributed by atoms with Crippen LogP contribution in [0.2, 0.25) is 0 Å². The van der Waals surface area contributed by atoms with Crippen molar-refractivity contribution < 1.29 is 4.74 Å². The molecule has 1 aromatic carbocycles. The lowest BCUT2D eigenvalue weighted by atomic mass is 9.84. The third-order valence-corrected chi connectivity index (χ3v) is 3.58. The first-order valence-electron chi connectivity index (χ1n) is 6.94. The van der Waals surface area contributed by atoms with Gasteiger partial charge in [0.15, 0.2) is 0 Å². The van der Waals surface area contributed by atoms with Gasteiger partial charge in [-0.05, 0) is 42.5 Å². The van der Waals surface area contributed by atoms with Crippen LogP contribution in [0.15, 0.2) is 12.1 Å². The number of benzene rings is 1. The Bertz CT molecular complexity index is 431. The van der Waals surface area contributed by atoms with Gasteiger partial charge in [0.2, 0.25) is 0 Å². The van der Waals surface area contributed by atoms with E-state index in [1.807, 2.05) is 0 Å². The average molecular weight is 247 g/mol. The molecule has 1 unspecified atom stereocenters. The van der Waals surface area contributed by atoms with E-state index in [0.29, 0.717) is 6.04 Å². The molecule has 0 amide bonds. The van der Waals surface area contributed by atoms with E-state index >= 15 is 0 Å². The molecule has 0 saturated carbocycles. The van der Waals surface area contributed by atoms with Gasteiger partial charge in [0, 0.05) is 5.56 Å². The summed E-state index contributed by atoms with van der Waals surface area (Å²) in [5, 5.41) is 3.57. The van der Waals surface area contributed by atoms with Crippen molar-refractivity contribution in [2.45, 2.75) is 52.5 Å². The summed E-state index contributed by atoms with van der Waals surface area (Å²) >= 11 is 0.